The number of carbonyl (C=O) groups excluding carboxylic acids is 1. The minimum Gasteiger partial charge on any atom is -0.475 e. The van der Waals surface area contributed by atoms with Crippen LogP contribution < -0.4 is 15.8 Å². The predicted octanol–water partition coefficient (Wildman–Crippen LogP) is 4.30. The van der Waals surface area contributed by atoms with Crippen molar-refractivity contribution in [2.24, 2.45) is 11.7 Å². The third-order valence-electron chi connectivity index (χ3n) is 5.72. The van der Waals surface area contributed by atoms with Crippen molar-refractivity contribution in [2.75, 3.05) is 5.32 Å². The molecule has 1 fully saturated rings. The van der Waals surface area contributed by atoms with E-state index in [4.69, 9.17) is 10.5 Å². The number of carbonyl (C=O) groups is 1. The molecule has 0 spiro atoms. The van der Waals surface area contributed by atoms with E-state index in [0.29, 0.717) is 42.5 Å². The van der Waals surface area contributed by atoms with E-state index < -0.39 is 5.60 Å². The Morgan fingerprint density at radius 1 is 1.27 bits per heavy atom. The first-order valence-corrected chi connectivity index (χ1v) is 11.9. The van der Waals surface area contributed by atoms with E-state index in [9.17, 15) is 9.90 Å². The fourth-order valence-electron chi connectivity index (χ4n) is 4.05. The normalized spacial score (nSPS) is 20.6. The fourth-order valence-corrected chi connectivity index (χ4v) is 5.10. The lowest BCUT2D eigenvalue weighted by molar-refractivity contribution is -0.124. The maximum atomic E-state index is 11.5. The average Bonchev–Trinajstić information content (AvgIpc) is 3.25. The molecule has 4 rings (SSSR count). The van der Waals surface area contributed by atoms with Crippen molar-refractivity contribution in [1.82, 2.24) is 15.0 Å². The lowest BCUT2D eigenvalue weighted by atomic mass is 9.79. The van der Waals surface area contributed by atoms with Crippen LogP contribution in [0.15, 0.2) is 36.7 Å². The summed E-state index contributed by atoms with van der Waals surface area (Å²) < 4.78 is 5.65. The molecule has 2 heterocycles. The minimum atomic E-state index is -1.01. The largest absolute Gasteiger partial charge is 0.475 e. The molecule has 4 N–H and O–H groups in total. The van der Waals surface area contributed by atoms with Crippen LogP contribution in [-0.2, 0) is 10.4 Å². The lowest BCUT2D eigenvalue weighted by Crippen LogP contribution is -2.35. The van der Waals surface area contributed by atoms with Crippen LogP contribution in [0.4, 0.5) is 11.6 Å². The van der Waals surface area contributed by atoms with Crippen LogP contribution in [0.2, 0.25) is 0 Å². The average molecular weight is 468 g/mol. The Hall–Kier alpha value is -3.04. The van der Waals surface area contributed by atoms with Crippen molar-refractivity contribution in [3.8, 4) is 16.3 Å². The minimum absolute atomic E-state index is 0.0273. The number of anilines is 2. The maximum absolute atomic E-state index is 11.5. The number of nitrogens with two attached hydrogens (primary N) is 1. The van der Waals surface area contributed by atoms with E-state index in [1.165, 1.54) is 11.3 Å². The molecule has 33 heavy (non-hydrogen) atoms. The third kappa shape index (κ3) is 5.48. The molecule has 9 heteroatoms. The summed E-state index contributed by atoms with van der Waals surface area (Å²) in [5, 5.41) is 15.1. The number of benzene rings is 1. The highest BCUT2D eigenvalue weighted by atomic mass is 32.1. The predicted molar refractivity (Wildman–Crippen MR) is 128 cm³/mol. The molecule has 0 bridgehead atoms. The summed E-state index contributed by atoms with van der Waals surface area (Å²) in [6, 6.07) is 7.84. The molecule has 1 aliphatic carbocycles. The second kappa shape index (κ2) is 9.44. The SMILES string of the molecule is Cc1cc(Nc2nccc(OC(C)C)n2)cc(-c2cnc([C@]3(O)CC[C@@H](C(N)=O)CC3)s2)c1. The molecule has 1 saturated carbocycles. The molecule has 1 aromatic carbocycles. The van der Waals surface area contributed by atoms with Gasteiger partial charge in [0.1, 0.15) is 10.6 Å². The van der Waals surface area contributed by atoms with Gasteiger partial charge in [-0.3, -0.25) is 4.79 Å². The van der Waals surface area contributed by atoms with Gasteiger partial charge in [-0.05, 0) is 69.7 Å². The molecule has 2 aromatic heterocycles. The zero-order chi connectivity index (χ0) is 23.6. The van der Waals surface area contributed by atoms with Crippen molar-refractivity contribution < 1.29 is 14.6 Å². The summed E-state index contributed by atoms with van der Waals surface area (Å²) in [6.45, 7) is 5.92. The van der Waals surface area contributed by atoms with Gasteiger partial charge in [-0.25, -0.2) is 9.97 Å². The Balaban J connectivity index is 1.53. The Bertz CT molecular complexity index is 1140. The molecule has 174 valence electrons. The maximum Gasteiger partial charge on any atom is 0.230 e. The van der Waals surface area contributed by atoms with Crippen LogP contribution >= 0.6 is 11.3 Å². The Morgan fingerprint density at radius 3 is 2.73 bits per heavy atom. The smallest absolute Gasteiger partial charge is 0.230 e. The Morgan fingerprint density at radius 2 is 2.03 bits per heavy atom. The summed E-state index contributed by atoms with van der Waals surface area (Å²) in [5.41, 5.74) is 7.33. The highest BCUT2D eigenvalue weighted by Gasteiger charge is 2.38. The molecule has 1 aliphatic rings. The van der Waals surface area contributed by atoms with E-state index >= 15 is 0 Å². The number of aryl methyl sites for hydroxylation is 1. The highest BCUT2D eigenvalue weighted by Crippen LogP contribution is 2.42. The third-order valence-corrected chi connectivity index (χ3v) is 6.96. The molecule has 8 nitrogen and oxygen atoms in total. The molecule has 0 atom stereocenters. The Labute approximate surface area is 197 Å². The highest BCUT2D eigenvalue weighted by molar-refractivity contribution is 7.15. The molecule has 1 amide bonds. The monoisotopic (exact) mass is 467 g/mol. The number of thiazole rings is 1. The number of amides is 1. The van der Waals surface area contributed by atoms with Crippen LogP contribution in [0.5, 0.6) is 5.88 Å². The molecular weight excluding hydrogens is 438 g/mol. The number of hydrogen-bond acceptors (Lipinski definition) is 8. The summed E-state index contributed by atoms with van der Waals surface area (Å²) in [5.74, 6) is 0.515. The van der Waals surface area contributed by atoms with Gasteiger partial charge in [-0.1, -0.05) is 6.07 Å². The second-order valence-corrected chi connectivity index (χ2v) is 9.87. The number of nitrogens with zero attached hydrogens (tertiary/aromatic N) is 3. The van der Waals surface area contributed by atoms with Crippen molar-refractivity contribution >= 4 is 28.9 Å². The van der Waals surface area contributed by atoms with Gasteiger partial charge in [-0.2, -0.15) is 4.98 Å². The zero-order valence-electron chi connectivity index (χ0n) is 19.0. The molecule has 0 unspecified atom stereocenters. The number of primary amides is 1. The summed E-state index contributed by atoms with van der Waals surface area (Å²) in [6.07, 6.45) is 5.62. The van der Waals surface area contributed by atoms with Gasteiger partial charge in [-0.15, -0.1) is 11.3 Å². The first-order valence-electron chi connectivity index (χ1n) is 11.1. The lowest BCUT2D eigenvalue weighted by Gasteiger charge is -2.33. The van der Waals surface area contributed by atoms with Gasteiger partial charge in [0.05, 0.1) is 11.0 Å². The van der Waals surface area contributed by atoms with E-state index in [1.807, 2.05) is 32.9 Å². The van der Waals surface area contributed by atoms with Crippen molar-refractivity contribution in [3.05, 3.63) is 47.2 Å². The van der Waals surface area contributed by atoms with Gasteiger partial charge < -0.3 is 20.9 Å². The molecule has 0 saturated heterocycles. The molecule has 0 radical (unpaired) electrons. The van der Waals surface area contributed by atoms with Crippen LogP contribution in [0, 0.1) is 12.8 Å². The molecule has 0 aliphatic heterocycles. The van der Waals surface area contributed by atoms with Gasteiger partial charge in [0.2, 0.25) is 17.7 Å². The summed E-state index contributed by atoms with van der Waals surface area (Å²) in [4.78, 5) is 25.6. The number of aromatic nitrogens is 3. The van der Waals surface area contributed by atoms with E-state index in [2.05, 4.69) is 26.3 Å². The summed E-state index contributed by atoms with van der Waals surface area (Å²) >= 11 is 1.48. The van der Waals surface area contributed by atoms with Crippen LogP contribution in [0.3, 0.4) is 0 Å². The zero-order valence-corrected chi connectivity index (χ0v) is 19.9. The van der Waals surface area contributed by atoms with E-state index in [0.717, 1.165) is 21.7 Å². The van der Waals surface area contributed by atoms with Gasteiger partial charge >= 0.3 is 0 Å². The fraction of sp³-hybridized carbons (Fsp3) is 0.417. The van der Waals surface area contributed by atoms with Crippen molar-refractivity contribution in [1.29, 1.82) is 0 Å². The first-order chi connectivity index (χ1) is 15.7. The number of nitrogens with one attached hydrogen (secondary N) is 1. The molecule has 3 aromatic rings. The van der Waals surface area contributed by atoms with Gasteiger partial charge in [0.25, 0.3) is 0 Å². The van der Waals surface area contributed by atoms with Crippen molar-refractivity contribution in [3.63, 3.8) is 0 Å². The number of rotatable bonds is 7. The standard InChI is InChI=1S/C24H29N5O3S/c1-14(2)32-20-6-9-26-23(29-20)28-18-11-15(3)10-17(12-18)19-13-27-22(33-19)24(31)7-4-16(5-8-24)21(25)30/h6,9-14,16,31H,4-5,7-8H2,1-3H3,(H2,25,30)(H,26,28,29)/t16-,24+. The van der Waals surface area contributed by atoms with Crippen LogP contribution in [0.25, 0.3) is 10.4 Å². The quantitative estimate of drug-likeness (QED) is 0.473. The van der Waals surface area contributed by atoms with Crippen LogP contribution in [0.1, 0.15) is 50.1 Å². The van der Waals surface area contributed by atoms with Gasteiger partial charge in [0.15, 0.2) is 0 Å². The van der Waals surface area contributed by atoms with E-state index in [1.54, 1.807) is 18.5 Å². The first kappa shape index (κ1) is 23.1. The number of hydrogen-bond donors (Lipinski definition) is 3. The van der Waals surface area contributed by atoms with E-state index in [-0.39, 0.29) is 17.9 Å². The second-order valence-electron chi connectivity index (χ2n) is 8.84. The topological polar surface area (TPSA) is 123 Å². The van der Waals surface area contributed by atoms with Gasteiger partial charge in [0, 0.05) is 30.1 Å². The molecular formula is C24H29N5O3S. The number of ether oxygens (including phenoxy) is 1. The Kier molecular flexibility index (Phi) is 6.62. The number of aliphatic hydroxyl groups is 1. The summed E-state index contributed by atoms with van der Waals surface area (Å²) in [7, 11) is 0. The van der Waals surface area contributed by atoms with Crippen molar-refractivity contribution in [2.45, 2.75) is 58.2 Å². The van der Waals surface area contributed by atoms with Crippen LogP contribution in [-0.4, -0.2) is 32.1 Å².